The molecule has 0 bridgehead atoms. The summed E-state index contributed by atoms with van der Waals surface area (Å²) in [6, 6.07) is 18.0. The van der Waals surface area contributed by atoms with E-state index < -0.39 is 4.92 Å². The predicted octanol–water partition coefficient (Wildman–Crippen LogP) is 5.02. The number of nitrogens with zero attached hydrogens (tertiary/aromatic N) is 5. The number of pyridine rings is 1. The summed E-state index contributed by atoms with van der Waals surface area (Å²) in [6.07, 6.45) is 7.09. The van der Waals surface area contributed by atoms with Crippen LogP contribution in [0.15, 0.2) is 79.1 Å². The lowest BCUT2D eigenvalue weighted by Gasteiger charge is -2.32. The smallest absolute Gasteiger partial charge is 0.269 e. The average molecular weight is 482 g/mol. The minimum absolute atomic E-state index is 0.0248. The van der Waals surface area contributed by atoms with Gasteiger partial charge in [-0.25, -0.2) is 4.98 Å². The van der Waals surface area contributed by atoms with Gasteiger partial charge in [-0.2, -0.15) is 0 Å². The number of hydrogen-bond donors (Lipinski definition) is 0. The first-order valence-corrected chi connectivity index (χ1v) is 12.1. The molecule has 0 atom stereocenters. The summed E-state index contributed by atoms with van der Waals surface area (Å²) >= 11 is 0. The minimum atomic E-state index is -0.421. The Kier molecular flexibility index (Phi) is 6.58. The topological polar surface area (TPSA) is 94.2 Å². The molecule has 5 rings (SSSR count). The standard InChI is InChI=1S/C28H27N5O3/c1-20-30-26-18-29-14-11-27(26)32(20)19-21-12-15-31(16-13-21)28(34)17-25(22-5-3-2-4-6-22)23-7-9-24(10-8-23)33(35)36/h2-11,14,17-18,21H,12-13,15-16,19H2,1H3. The third-order valence-electron chi connectivity index (χ3n) is 6.85. The molecule has 0 N–H and O–H groups in total. The average Bonchev–Trinajstić information content (AvgIpc) is 3.23. The lowest BCUT2D eigenvalue weighted by Crippen LogP contribution is -2.38. The van der Waals surface area contributed by atoms with E-state index in [0.717, 1.165) is 52.9 Å². The summed E-state index contributed by atoms with van der Waals surface area (Å²) in [5.41, 5.74) is 4.45. The molecule has 1 amide bonds. The van der Waals surface area contributed by atoms with E-state index in [-0.39, 0.29) is 11.6 Å². The van der Waals surface area contributed by atoms with Crippen LogP contribution in [0, 0.1) is 23.0 Å². The Morgan fingerprint density at radius 2 is 1.75 bits per heavy atom. The van der Waals surface area contributed by atoms with Gasteiger partial charge in [-0.3, -0.25) is 19.9 Å². The van der Waals surface area contributed by atoms with Crippen molar-refractivity contribution in [3.8, 4) is 0 Å². The number of aryl methyl sites for hydroxylation is 1. The summed E-state index contributed by atoms with van der Waals surface area (Å²) in [7, 11) is 0. The number of non-ortho nitro benzene ring substituents is 1. The maximum atomic E-state index is 13.3. The molecule has 36 heavy (non-hydrogen) atoms. The lowest BCUT2D eigenvalue weighted by molar-refractivity contribution is -0.384. The quantitative estimate of drug-likeness (QED) is 0.219. The van der Waals surface area contributed by atoms with Crippen LogP contribution in [0.25, 0.3) is 16.6 Å². The zero-order chi connectivity index (χ0) is 25.1. The molecule has 8 heteroatoms. The van der Waals surface area contributed by atoms with Gasteiger partial charge in [0.2, 0.25) is 5.91 Å². The summed E-state index contributed by atoms with van der Waals surface area (Å²) in [5.74, 6) is 1.40. The Labute approximate surface area is 209 Å². The number of nitro groups is 1. The summed E-state index contributed by atoms with van der Waals surface area (Å²) in [4.78, 5) is 34.6. The Bertz CT molecular complexity index is 1420. The maximum Gasteiger partial charge on any atom is 0.269 e. The number of imidazole rings is 1. The molecule has 3 heterocycles. The van der Waals surface area contributed by atoms with Gasteiger partial charge in [0.15, 0.2) is 0 Å². The first-order chi connectivity index (χ1) is 17.5. The molecule has 0 spiro atoms. The number of aromatic nitrogens is 3. The molecule has 0 saturated carbocycles. The number of fused-ring (bicyclic) bond motifs is 1. The van der Waals surface area contributed by atoms with E-state index in [4.69, 9.17) is 0 Å². The SMILES string of the molecule is Cc1nc2cnccc2n1CC1CCN(C(=O)C=C(c2ccccc2)c2ccc([N+](=O)[O-])cc2)CC1. The van der Waals surface area contributed by atoms with Crippen LogP contribution in [-0.4, -0.2) is 43.4 Å². The fraction of sp³-hybridized carbons (Fsp3) is 0.250. The van der Waals surface area contributed by atoms with Gasteiger partial charge in [0.1, 0.15) is 11.3 Å². The second-order valence-electron chi connectivity index (χ2n) is 9.13. The van der Waals surface area contributed by atoms with Gasteiger partial charge >= 0.3 is 0 Å². The number of benzene rings is 2. The number of nitro benzene ring substituents is 1. The van der Waals surface area contributed by atoms with Crippen LogP contribution in [0.2, 0.25) is 0 Å². The molecular weight excluding hydrogens is 454 g/mol. The first kappa shape index (κ1) is 23.4. The van der Waals surface area contributed by atoms with E-state index in [1.165, 1.54) is 12.1 Å². The Balaban J connectivity index is 1.31. The summed E-state index contributed by atoms with van der Waals surface area (Å²) in [5, 5.41) is 11.1. The van der Waals surface area contributed by atoms with Crippen molar-refractivity contribution in [1.82, 2.24) is 19.4 Å². The van der Waals surface area contributed by atoms with Crippen LogP contribution in [0.5, 0.6) is 0 Å². The highest BCUT2D eigenvalue weighted by Crippen LogP contribution is 2.27. The molecule has 1 fully saturated rings. The van der Waals surface area contributed by atoms with E-state index in [1.807, 2.05) is 48.2 Å². The van der Waals surface area contributed by atoms with Gasteiger partial charge in [0.25, 0.3) is 5.69 Å². The Hall–Kier alpha value is -4.33. The second-order valence-corrected chi connectivity index (χ2v) is 9.13. The van der Waals surface area contributed by atoms with Crippen LogP contribution in [0.3, 0.4) is 0 Å². The molecule has 4 aromatic rings. The van der Waals surface area contributed by atoms with Gasteiger partial charge in [-0.1, -0.05) is 30.3 Å². The Morgan fingerprint density at radius 1 is 1.06 bits per heavy atom. The molecule has 1 aliphatic rings. The van der Waals surface area contributed by atoms with E-state index >= 15 is 0 Å². The number of carbonyl (C=O) groups is 1. The van der Waals surface area contributed by atoms with Crippen LogP contribution < -0.4 is 0 Å². The van der Waals surface area contributed by atoms with E-state index in [0.29, 0.717) is 19.0 Å². The zero-order valence-electron chi connectivity index (χ0n) is 20.1. The molecule has 182 valence electrons. The number of carbonyl (C=O) groups excluding carboxylic acids is 1. The minimum Gasteiger partial charge on any atom is -0.339 e. The normalized spacial score (nSPS) is 14.8. The largest absolute Gasteiger partial charge is 0.339 e. The molecule has 2 aromatic carbocycles. The molecule has 2 aromatic heterocycles. The molecule has 8 nitrogen and oxygen atoms in total. The third kappa shape index (κ3) is 4.88. The fourth-order valence-electron chi connectivity index (χ4n) is 4.86. The van der Waals surface area contributed by atoms with E-state index in [2.05, 4.69) is 14.5 Å². The van der Waals surface area contributed by atoms with Crippen molar-refractivity contribution >= 4 is 28.2 Å². The highest BCUT2D eigenvalue weighted by molar-refractivity contribution is 5.99. The number of hydrogen-bond acceptors (Lipinski definition) is 5. The Morgan fingerprint density at radius 3 is 2.44 bits per heavy atom. The maximum absolute atomic E-state index is 13.3. The van der Waals surface area contributed by atoms with Crippen LogP contribution >= 0.6 is 0 Å². The molecule has 0 unspecified atom stereocenters. The van der Waals surface area contributed by atoms with Gasteiger partial charge in [-0.15, -0.1) is 0 Å². The van der Waals surface area contributed by atoms with Crippen LogP contribution in [-0.2, 0) is 11.3 Å². The van der Waals surface area contributed by atoms with Crippen LogP contribution in [0.1, 0.15) is 29.8 Å². The monoisotopic (exact) mass is 481 g/mol. The van der Waals surface area contributed by atoms with Crippen LogP contribution in [0.4, 0.5) is 5.69 Å². The molecule has 1 saturated heterocycles. The fourth-order valence-corrected chi connectivity index (χ4v) is 4.86. The van der Waals surface area contributed by atoms with Crippen molar-refractivity contribution in [2.75, 3.05) is 13.1 Å². The second kappa shape index (κ2) is 10.1. The van der Waals surface area contributed by atoms with Crippen molar-refractivity contribution in [3.05, 3.63) is 106 Å². The predicted molar refractivity (Wildman–Crippen MR) is 138 cm³/mol. The third-order valence-corrected chi connectivity index (χ3v) is 6.85. The first-order valence-electron chi connectivity index (χ1n) is 12.1. The van der Waals surface area contributed by atoms with E-state index in [1.54, 1.807) is 30.6 Å². The van der Waals surface area contributed by atoms with Gasteiger partial charge in [0, 0.05) is 44.0 Å². The number of piperidine rings is 1. The number of likely N-dealkylation sites (tertiary alicyclic amines) is 1. The van der Waals surface area contributed by atoms with Gasteiger partial charge in [-0.05, 0) is 60.6 Å². The molecule has 1 aliphatic heterocycles. The van der Waals surface area contributed by atoms with Gasteiger partial charge in [0.05, 0.1) is 16.6 Å². The molecule has 0 radical (unpaired) electrons. The van der Waals surface area contributed by atoms with Crippen molar-refractivity contribution in [2.45, 2.75) is 26.3 Å². The van der Waals surface area contributed by atoms with Crippen molar-refractivity contribution in [2.24, 2.45) is 5.92 Å². The summed E-state index contributed by atoms with van der Waals surface area (Å²) in [6.45, 7) is 4.28. The van der Waals surface area contributed by atoms with Crippen molar-refractivity contribution in [3.63, 3.8) is 0 Å². The van der Waals surface area contributed by atoms with Crippen molar-refractivity contribution < 1.29 is 9.72 Å². The lowest BCUT2D eigenvalue weighted by atomic mass is 9.95. The van der Waals surface area contributed by atoms with E-state index in [9.17, 15) is 14.9 Å². The highest BCUT2D eigenvalue weighted by Gasteiger charge is 2.24. The zero-order valence-corrected chi connectivity index (χ0v) is 20.1. The van der Waals surface area contributed by atoms with Gasteiger partial charge < -0.3 is 9.47 Å². The number of rotatable bonds is 6. The van der Waals surface area contributed by atoms with Crippen molar-refractivity contribution in [1.29, 1.82) is 0 Å². The molecular formula is C28H27N5O3. The number of amides is 1. The highest BCUT2D eigenvalue weighted by atomic mass is 16.6. The summed E-state index contributed by atoms with van der Waals surface area (Å²) < 4.78 is 2.25. The molecule has 0 aliphatic carbocycles.